The van der Waals surface area contributed by atoms with Gasteiger partial charge in [-0.2, -0.15) is 0 Å². The van der Waals surface area contributed by atoms with Gasteiger partial charge in [-0.25, -0.2) is 0 Å². The van der Waals surface area contributed by atoms with Crippen LogP contribution in [0, 0.1) is 0 Å². The first-order valence-electron chi connectivity index (χ1n) is 33.8. The zero-order valence-corrected chi connectivity index (χ0v) is 53.2. The lowest BCUT2D eigenvalue weighted by Crippen LogP contribution is -2.30. The number of hydrogen-bond acceptors (Lipinski definition) is 6. The van der Waals surface area contributed by atoms with Crippen molar-refractivity contribution in [2.45, 2.75) is 303 Å². The van der Waals surface area contributed by atoms with E-state index in [4.69, 9.17) is 14.2 Å². The van der Waals surface area contributed by atoms with Gasteiger partial charge in [0, 0.05) is 19.3 Å². The van der Waals surface area contributed by atoms with Gasteiger partial charge in [-0.15, -0.1) is 0 Å². The molecule has 0 saturated heterocycles. The highest BCUT2D eigenvalue weighted by Crippen LogP contribution is 2.15. The van der Waals surface area contributed by atoms with Crippen LogP contribution in [-0.4, -0.2) is 37.2 Å². The van der Waals surface area contributed by atoms with E-state index < -0.39 is 6.10 Å². The Morgan fingerprint density at radius 2 is 0.476 bits per heavy atom. The number of carbonyl (C=O) groups excluding carboxylic acids is 3. The number of unbranched alkanes of at least 4 members (excludes halogenated alkanes) is 25. The van der Waals surface area contributed by atoms with Gasteiger partial charge in [-0.3, -0.25) is 14.4 Å². The van der Waals surface area contributed by atoms with E-state index in [0.29, 0.717) is 19.3 Å². The van der Waals surface area contributed by atoms with Crippen molar-refractivity contribution in [2.75, 3.05) is 13.2 Å². The summed E-state index contributed by atoms with van der Waals surface area (Å²) < 4.78 is 16.9. The summed E-state index contributed by atoms with van der Waals surface area (Å²) in [5, 5.41) is 0. The zero-order chi connectivity index (χ0) is 59.2. The summed E-state index contributed by atoms with van der Waals surface area (Å²) in [6.07, 6.45) is 98.7. The van der Waals surface area contributed by atoms with Crippen molar-refractivity contribution in [3.63, 3.8) is 0 Å². The number of hydrogen-bond donors (Lipinski definition) is 0. The molecule has 6 nitrogen and oxygen atoms in total. The molecule has 0 aromatic carbocycles. The molecule has 0 N–H and O–H groups in total. The Morgan fingerprint density at radius 1 is 0.256 bits per heavy atom. The van der Waals surface area contributed by atoms with Gasteiger partial charge in [-0.05, 0) is 141 Å². The van der Waals surface area contributed by atoms with Gasteiger partial charge >= 0.3 is 17.9 Å². The van der Waals surface area contributed by atoms with E-state index in [2.05, 4.69) is 167 Å². The Bertz CT molecular complexity index is 1780. The van der Waals surface area contributed by atoms with Crippen LogP contribution in [0.25, 0.3) is 0 Å². The molecular formula is C76H124O6. The molecule has 1 unspecified atom stereocenters. The minimum atomic E-state index is -0.802. The summed E-state index contributed by atoms with van der Waals surface area (Å²) >= 11 is 0. The molecule has 0 amide bonds. The Labute approximate surface area is 506 Å². The fraction of sp³-hybridized carbons (Fsp3) is 0.645. The second-order valence-electron chi connectivity index (χ2n) is 22.0. The third-order valence-corrected chi connectivity index (χ3v) is 14.1. The molecule has 0 aliphatic rings. The third-order valence-electron chi connectivity index (χ3n) is 14.1. The molecule has 464 valence electrons. The molecule has 0 bridgehead atoms. The van der Waals surface area contributed by atoms with Crippen LogP contribution in [0.1, 0.15) is 297 Å². The lowest BCUT2D eigenvalue weighted by atomic mass is 10.0. The van der Waals surface area contributed by atoms with Gasteiger partial charge in [-0.1, -0.05) is 282 Å². The minimum absolute atomic E-state index is 0.0956. The van der Waals surface area contributed by atoms with E-state index in [1.54, 1.807) is 0 Å². The van der Waals surface area contributed by atoms with Crippen LogP contribution in [0.3, 0.4) is 0 Å². The van der Waals surface area contributed by atoms with E-state index in [1.807, 2.05) is 0 Å². The van der Waals surface area contributed by atoms with E-state index in [0.717, 1.165) is 141 Å². The van der Waals surface area contributed by atoms with Gasteiger partial charge in [0.05, 0.1) is 0 Å². The predicted octanol–water partition coefficient (Wildman–Crippen LogP) is 23.5. The highest BCUT2D eigenvalue weighted by molar-refractivity contribution is 5.71. The van der Waals surface area contributed by atoms with Crippen LogP contribution >= 0.6 is 0 Å². The second-order valence-corrected chi connectivity index (χ2v) is 22.0. The first-order valence-corrected chi connectivity index (χ1v) is 33.8. The Morgan fingerprint density at radius 3 is 0.756 bits per heavy atom. The van der Waals surface area contributed by atoms with Crippen molar-refractivity contribution in [1.82, 2.24) is 0 Å². The van der Waals surface area contributed by atoms with Crippen LogP contribution < -0.4 is 0 Å². The van der Waals surface area contributed by atoms with Crippen molar-refractivity contribution in [3.05, 3.63) is 146 Å². The molecule has 6 heteroatoms. The molecule has 0 aliphatic carbocycles. The molecule has 0 spiro atoms. The topological polar surface area (TPSA) is 78.9 Å². The third kappa shape index (κ3) is 66.1. The van der Waals surface area contributed by atoms with Crippen LogP contribution in [-0.2, 0) is 28.6 Å². The highest BCUT2D eigenvalue weighted by Gasteiger charge is 2.19. The molecule has 0 heterocycles. The molecule has 0 rings (SSSR count). The van der Waals surface area contributed by atoms with Crippen molar-refractivity contribution in [2.24, 2.45) is 0 Å². The van der Waals surface area contributed by atoms with Crippen LogP contribution in [0.15, 0.2) is 146 Å². The number of carbonyl (C=O) groups is 3. The lowest BCUT2D eigenvalue weighted by Gasteiger charge is -2.18. The van der Waals surface area contributed by atoms with Gasteiger partial charge < -0.3 is 14.2 Å². The number of rotatable bonds is 60. The molecule has 1 atom stereocenters. The molecule has 0 aromatic rings. The summed E-state index contributed by atoms with van der Waals surface area (Å²) in [6.45, 7) is 6.37. The van der Waals surface area contributed by atoms with Gasteiger partial charge in [0.15, 0.2) is 6.10 Å². The highest BCUT2D eigenvalue weighted by atomic mass is 16.6. The van der Waals surface area contributed by atoms with Crippen molar-refractivity contribution in [1.29, 1.82) is 0 Å². The SMILES string of the molecule is CC/C=C\C/C=C\C/C=C\C/C=C\C/C=C\C/C=C\C/C=C\CCCCCCCCCCCCCC(=O)OCC(COC(=O)CCCCC/C=C\C/C=C\C/C=C\CC)OC(=O)CCCCCCCCC/C=C\C/C=C\CCCCCC. The van der Waals surface area contributed by atoms with E-state index in [-0.39, 0.29) is 31.1 Å². The van der Waals surface area contributed by atoms with Crippen LogP contribution in [0.2, 0.25) is 0 Å². The Balaban J connectivity index is 4.28. The fourth-order valence-corrected chi connectivity index (χ4v) is 9.06. The Hall–Kier alpha value is -4.71. The normalized spacial score (nSPS) is 13.1. The largest absolute Gasteiger partial charge is 0.462 e. The molecule has 0 aromatic heterocycles. The van der Waals surface area contributed by atoms with Crippen molar-refractivity contribution in [3.8, 4) is 0 Å². The molecule has 0 fully saturated rings. The summed E-state index contributed by atoms with van der Waals surface area (Å²) in [5.41, 5.74) is 0. The summed E-state index contributed by atoms with van der Waals surface area (Å²) in [4.78, 5) is 38.3. The second kappa shape index (κ2) is 68.8. The molecule has 0 radical (unpaired) electrons. The maximum Gasteiger partial charge on any atom is 0.306 e. The number of esters is 3. The smallest absolute Gasteiger partial charge is 0.306 e. The predicted molar refractivity (Wildman–Crippen MR) is 357 cm³/mol. The maximum absolute atomic E-state index is 12.9. The maximum atomic E-state index is 12.9. The first kappa shape index (κ1) is 77.3. The van der Waals surface area contributed by atoms with Crippen LogP contribution in [0.4, 0.5) is 0 Å². The summed E-state index contributed by atoms with van der Waals surface area (Å²) in [7, 11) is 0. The minimum Gasteiger partial charge on any atom is -0.462 e. The van der Waals surface area contributed by atoms with Gasteiger partial charge in [0.25, 0.3) is 0 Å². The molecule has 0 saturated carbocycles. The average molecular weight is 1130 g/mol. The standard InChI is InChI=1S/C76H124O6/c1-4-7-10-13-16-19-22-25-27-29-31-32-33-34-35-36-37-38-39-40-41-42-43-44-45-47-48-51-54-57-60-63-66-69-75(78)81-72-73(71-80-74(77)68-65-62-59-56-53-50-24-21-18-15-12-9-6-3)82-76(79)70-67-64-61-58-55-52-49-46-30-28-26-23-20-17-14-11-8-5-2/h7,9-10,12,16,18-21,23,25,27-28,30-32,34-35,37-38,40-41,50,53,73H,4-6,8,11,13-15,17,22,24,26,29,33,36,39,42-49,51-52,54-72H2,1-3H3/b10-7-,12-9-,19-16-,21-18-,23-20-,27-25-,30-28-,32-31-,35-34-,38-37-,41-40-,53-50-. The molecular weight excluding hydrogens is 1010 g/mol. The fourth-order valence-electron chi connectivity index (χ4n) is 9.06. The van der Waals surface area contributed by atoms with E-state index >= 15 is 0 Å². The van der Waals surface area contributed by atoms with Crippen molar-refractivity contribution < 1.29 is 28.6 Å². The lowest BCUT2D eigenvalue weighted by molar-refractivity contribution is -0.167. The van der Waals surface area contributed by atoms with Crippen LogP contribution in [0.5, 0.6) is 0 Å². The average Bonchev–Trinajstić information content (AvgIpc) is 3.47. The van der Waals surface area contributed by atoms with Gasteiger partial charge in [0.1, 0.15) is 13.2 Å². The van der Waals surface area contributed by atoms with E-state index in [9.17, 15) is 14.4 Å². The number of ether oxygens (including phenoxy) is 3. The quantitative estimate of drug-likeness (QED) is 0.0261. The monoisotopic (exact) mass is 1130 g/mol. The molecule has 82 heavy (non-hydrogen) atoms. The summed E-state index contributed by atoms with van der Waals surface area (Å²) in [6, 6.07) is 0. The summed E-state index contributed by atoms with van der Waals surface area (Å²) in [5.74, 6) is -0.934. The zero-order valence-electron chi connectivity index (χ0n) is 53.2. The number of allylic oxidation sites excluding steroid dienone is 24. The van der Waals surface area contributed by atoms with E-state index in [1.165, 1.54) is 116 Å². The molecule has 0 aliphatic heterocycles. The van der Waals surface area contributed by atoms with Crippen molar-refractivity contribution >= 4 is 17.9 Å². The van der Waals surface area contributed by atoms with Gasteiger partial charge in [0.2, 0.25) is 0 Å². The first-order chi connectivity index (χ1) is 40.5. The Kier molecular flexibility index (Phi) is 64.8.